The molecule has 1 aliphatic rings. The second-order valence-electron chi connectivity index (χ2n) is 2.71. The second-order valence-corrected chi connectivity index (χ2v) is 5.48. The molecule has 74 valence electrons. The van der Waals surface area contributed by atoms with Crippen molar-refractivity contribution < 1.29 is 4.79 Å². The van der Waals surface area contributed by atoms with Crippen molar-refractivity contribution in [3.63, 3.8) is 0 Å². The molecule has 0 amide bonds. The smallest absolute Gasteiger partial charge is 0.142 e. The summed E-state index contributed by atoms with van der Waals surface area (Å²) < 4.78 is 1.29. The molecule has 0 bridgehead atoms. The number of hydrogen-bond acceptors (Lipinski definition) is 3. The maximum absolute atomic E-state index is 9.96. The van der Waals surface area contributed by atoms with Gasteiger partial charge in [0.05, 0.1) is 0 Å². The summed E-state index contributed by atoms with van der Waals surface area (Å²) in [5.74, 6) is 0. The van der Waals surface area contributed by atoms with Crippen LogP contribution in [0.3, 0.4) is 0 Å². The minimum Gasteiger partial charge on any atom is -0.299 e. The van der Waals surface area contributed by atoms with E-state index in [1.165, 1.54) is 20.1 Å². The van der Waals surface area contributed by atoms with Crippen LogP contribution in [0.1, 0.15) is 13.8 Å². The average Bonchev–Trinajstić information content (AvgIpc) is 2.46. The fourth-order valence-electron chi connectivity index (χ4n) is 0.842. The van der Waals surface area contributed by atoms with Crippen LogP contribution in [0.15, 0.2) is 44.4 Å². The fourth-order valence-corrected chi connectivity index (χ4v) is 3.19. The van der Waals surface area contributed by atoms with Crippen LogP contribution in [0.4, 0.5) is 0 Å². The zero-order chi connectivity index (χ0) is 10.4. The zero-order valence-electron chi connectivity index (χ0n) is 8.19. The van der Waals surface area contributed by atoms with Crippen LogP contribution >= 0.6 is 23.5 Å². The Hall–Kier alpha value is -0.670. The highest BCUT2D eigenvalue weighted by molar-refractivity contribution is 8.28. The lowest BCUT2D eigenvalue weighted by Gasteiger charge is -1.90. The third-order valence-corrected chi connectivity index (χ3v) is 4.18. The summed E-state index contributed by atoms with van der Waals surface area (Å²) in [7, 11) is 0. The Morgan fingerprint density at radius 3 is 2.07 bits per heavy atom. The number of hydrogen-bond donors (Lipinski definition) is 0. The van der Waals surface area contributed by atoms with Gasteiger partial charge < -0.3 is 0 Å². The number of thioether (sulfide) groups is 2. The Kier molecular flexibility index (Phi) is 4.84. The number of allylic oxidation sites excluding steroid dienone is 7. The molecule has 1 rings (SSSR count). The van der Waals surface area contributed by atoms with Crippen molar-refractivity contribution in [2.24, 2.45) is 0 Å². The topological polar surface area (TPSA) is 17.1 Å². The van der Waals surface area contributed by atoms with Gasteiger partial charge in [-0.1, -0.05) is 41.8 Å². The van der Waals surface area contributed by atoms with Crippen LogP contribution in [0.25, 0.3) is 0 Å². The zero-order valence-corrected chi connectivity index (χ0v) is 9.82. The number of aldehydes is 1. The maximum atomic E-state index is 9.96. The van der Waals surface area contributed by atoms with E-state index >= 15 is 0 Å². The van der Waals surface area contributed by atoms with Crippen molar-refractivity contribution in [1.82, 2.24) is 0 Å². The molecule has 0 unspecified atom stereocenters. The minimum absolute atomic E-state index is 0.770. The Morgan fingerprint density at radius 2 is 1.50 bits per heavy atom. The molecule has 0 aromatic rings. The summed E-state index contributed by atoms with van der Waals surface area (Å²) in [6, 6.07) is 0. The fraction of sp³-hybridized carbons (Fsp3) is 0.182. The quantitative estimate of drug-likeness (QED) is 0.411. The van der Waals surface area contributed by atoms with Crippen molar-refractivity contribution >= 4 is 29.8 Å². The normalized spacial score (nSPS) is 17.4. The van der Waals surface area contributed by atoms with Crippen molar-refractivity contribution in [2.45, 2.75) is 13.8 Å². The molecule has 0 saturated carbocycles. The first-order chi connectivity index (χ1) is 6.74. The summed E-state index contributed by atoms with van der Waals surface area (Å²) in [4.78, 5) is 12.7. The lowest BCUT2D eigenvalue weighted by atomic mass is 10.4. The molecule has 1 aliphatic heterocycles. The van der Waals surface area contributed by atoms with E-state index in [4.69, 9.17) is 0 Å². The summed E-state index contributed by atoms with van der Waals surface area (Å²) in [5, 5.41) is 0. The predicted octanol–water partition coefficient (Wildman–Crippen LogP) is 3.87. The van der Waals surface area contributed by atoms with Crippen molar-refractivity contribution in [1.29, 1.82) is 0 Å². The van der Waals surface area contributed by atoms with Crippen LogP contribution in [-0.2, 0) is 4.79 Å². The van der Waals surface area contributed by atoms with Crippen LogP contribution in [0.2, 0.25) is 0 Å². The molecule has 0 aromatic carbocycles. The summed E-state index contributed by atoms with van der Waals surface area (Å²) in [5.41, 5.74) is 0. The predicted molar refractivity (Wildman–Crippen MR) is 66.0 cm³/mol. The molecular weight excluding hydrogens is 212 g/mol. The number of carbonyl (C=O) groups is 1. The standard InChI is InChI=1S/C11H12OS2/c1-9-10(2)14-11(13-9)7-5-3-4-6-8-12/h3-8H,1-2H3/b5-3+,6-4+. The average molecular weight is 224 g/mol. The lowest BCUT2D eigenvalue weighted by molar-refractivity contribution is -0.104. The van der Waals surface area contributed by atoms with Gasteiger partial charge in [-0.2, -0.15) is 0 Å². The van der Waals surface area contributed by atoms with Crippen LogP contribution in [0, 0.1) is 0 Å². The summed E-state index contributed by atoms with van der Waals surface area (Å²) >= 11 is 3.59. The summed E-state index contributed by atoms with van der Waals surface area (Å²) in [6.07, 6.45) is 9.82. The minimum atomic E-state index is 0.770. The molecule has 0 aliphatic carbocycles. The van der Waals surface area contributed by atoms with Gasteiger partial charge in [-0.05, 0) is 35.8 Å². The Bertz CT molecular complexity index is 319. The Balaban J connectivity index is 2.46. The van der Waals surface area contributed by atoms with Crippen LogP contribution < -0.4 is 0 Å². The van der Waals surface area contributed by atoms with Gasteiger partial charge in [-0.25, -0.2) is 0 Å². The van der Waals surface area contributed by atoms with Gasteiger partial charge in [0.2, 0.25) is 0 Å². The molecule has 0 atom stereocenters. The number of carbonyl (C=O) groups excluding carboxylic acids is 1. The van der Waals surface area contributed by atoms with E-state index in [0.717, 1.165) is 6.29 Å². The largest absolute Gasteiger partial charge is 0.299 e. The van der Waals surface area contributed by atoms with E-state index in [9.17, 15) is 4.79 Å². The SMILES string of the molecule is CC1=C(C)SC(=C/C=C/C=C/C=O)S1. The molecule has 3 heteroatoms. The lowest BCUT2D eigenvalue weighted by Crippen LogP contribution is -1.59. The highest BCUT2D eigenvalue weighted by Crippen LogP contribution is 2.48. The molecular formula is C11H12OS2. The monoisotopic (exact) mass is 224 g/mol. The van der Waals surface area contributed by atoms with E-state index in [1.54, 1.807) is 29.6 Å². The van der Waals surface area contributed by atoms with E-state index in [0.29, 0.717) is 0 Å². The molecule has 0 N–H and O–H groups in total. The summed E-state index contributed by atoms with van der Waals surface area (Å²) in [6.45, 7) is 4.26. The van der Waals surface area contributed by atoms with Gasteiger partial charge in [-0.3, -0.25) is 4.79 Å². The van der Waals surface area contributed by atoms with Crippen molar-refractivity contribution in [3.8, 4) is 0 Å². The third-order valence-electron chi connectivity index (χ3n) is 1.65. The molecule has 0 saturated heterocycles. The highest BCUT2D eigenvalue weighted by Gasteiger charge is 2.12. The first kappa shape index (κ1) is 11.4. The molecule has 1 nitrogen and oxygen atoms in total. The highest BCUT2D eigenvalue weighted by atomic mass is 32.2. The molecule has 14 heavy (non-hydrogen) atoms. The first-order valence-electron chi connectivity index (χ1n) is 4.26. The molecule has 0 fully saturated rings. The van der Waals surface area contributed by atoms with Gasteiger partial charge in [-0.15, -0.1) is 0 Å². The van der Waals surface area contributed by atoms with Crippen molar-refractivity contribution in [3.05, 3.63) is 44.4 Å². The Morgan fingerprint density at radius 1 is 0.929 bits per heavy atom. The molecule has 1 heterocycles. The first-order valence-corrected chi connectivity index (χ1v) is 5.89. The van der Waals surface area contributed by atoms with E-state index in [2.05, 4.69) is 19.9 Å². The number of rotatable bonds is 3. The van der Waals surface area contributed by atoms with E-state index in [1.807, 2.05) is 12.2 Å². The molecule has 0 spiro atoms. The Labute approximate surface area is 93.0 Å². The maximum Gasteiger partial charge on any atom is 0.142 e. The molecule has 0 aromatic heterocycles. The van der Waals surface area contributed by atoms with Crippen molar-refractivity contribution in [2.75, 3.05) is 0 Å². The van der Waals surface area contributed by atoms with Gasteiger partial charge in [0.15, 0.2) is 0 Å². The van der Waals surface area contributed by atoms with E-state index in [-0.39, 0.29) is 0 Å². The van der Waals surface area contributed by atoms with Gasteiger partial charge in [0.25, 0.3) is 0 Å². The second kappa shape index (κ2) is 5.94. The van der Waals surface area contributed by atoms with E-state index < -0.39 is 0 Å². The van der Waals surface area contributed by atoms with Gasteiger partial charge in [0, 0.05) is 4.24 Å². The van der Waals surface area contributed by atoms with Crippen LogP contribution in [0.5, 0.6) is 0 Å². The van der Waals surface area contributed by atoms with Crippen LogP contribution in [-0.4, -0.2) is 6.29 Å². The van der Waals surface area contributed by atoms with Gasteiger partial charge in [0.1, 0.15) is 6.29 Å². The van der Waals surface area contributed by atoms with Gasteiger partial charge >= 0.3 is 0 Å². The third kappa shape index (κ3) is 3.60. The molecule has 0 radical (unpaired) electrons.